The molecule has 1 aromatic heterocycles. The van der Waals surface area contributed by atoms with E-state index in [1.807, 2.05) is 17.8 Å². The van der Waals surface area contributed by atoms with Gasteiger partial charge in [-0.25, -0.2) is 0 Å². The van der Waals surface area contributed by atoms with E-state index >= 15 is 0 Å². The Hall–Kier alpha value is -1.29. The summed E-state index contributed by atoms with van der Waals surface area (Å²) >= 11 is 2.04. The maximum atomic E-state index is 4.36. The maximum Gasteiger partial charge on any atom is 0.0907 e. The van der Waals surface area contributed by atoms with E-state index in [9.17, 15) is 0 Å². The van der Waals surface area contributed by atoms with Crippen molar-refractivity contribution >= 4 is 28.5 Å². The summed E-state index contributed by atoms with van der Waals surface area (Å²) in [6, 6.07) is 6.75. The molecule has 2 heterocycles. The Bertz CT molecular complexity index is 582. The van der Waals surface area contributed by atoms with Crippen molar-refractivity contribution in [3.63, 3.8) is 0 Å². The Balaban J connectivity index is 1.84. The largest absolute Gasteiger partial charge is 0.381 e. The molecule has 3 rings (SSSR count). The van der Waals surface area contributed by atoms with Gasteiger partial charge in [-0.3, -0.25) is 9.97 Å². The number of thioether (sulfide) groups is 1. The summed E-state index contributed by atoms with van der Waals surface area (Å²) in [6.45, 7) is 4.70. The Morgan fingerprint density at radius 2 is 2.00 bits per heavy atom. The second kappa shape index (κ2) is 5.00. The zero-order valence-corrected chi connectivity index (χ0v) is 12.2. The quantitative estimate of drug-likeness (QED) is 0.907. The Morgan fingerprint density at radius 1 is 1.21 bits per heavy atom. The average molecular weight is 273 g/mol. The lowest BCUT2D eigenvalue weighted by Gasteiger charge is -2.39. The standard InChI is InChI=1S/C15H19N3S/c1-15(2)5-8-19-10-14(15)18-11-3-4-12-13(9-11)17-7-6-16-12/h3-4,6-7,9,14,18H,5,8,10H2,1-2H3. The number of nitrogens with one attached hydrogen (secondary N) is 1. The molecule has 0 spiro atoms. The minimum Gasteiger partial charge on any atom is -0.381 e. The molecule has 1 atom stereocenters. The van der Waals surface area contributed by atoms with Gasteiger partial charge in [0.2, 0.25) is 0 Å². The summed E-state index contributed by atoms with van der Waals surface area (Å²) in [5, 5.41) is 3.67. The van der Waals surface area contributed by atoms with Gasteiger partial charge >= 0.3 is 0 Å². The van der Waals surface area contributed by atoms with Crippen LogP contribution in [0.25, 0.3) is 11.0 Å². The van der Waals surface area contributed by atoms with Crippen molar-refractivity contribution in [1.29, 1.82) is 0 Å². The van der Waals surface area contributed by atoms with Gasteiger partial charge in [-0.1, -0.05) is 13.8 Å². The summed E-state index contributed by atoms with van der Waals surface area (Å²) in [5.41, 5.74) is 3.40. The molecule has 1 aliphatic heterocycles. The summed E-state index contributed by atoms with van der Waals surface area (Å²) < 4.78 is 0. The summed E-state index contributed by atoms with van der Waals surface area (Å²) in [7, 11) is 0. The lowest BCUT2D eigenvalue weighted by molar-refractivity contribution is 0.305. The van der Waals surface area contributed by atoms with E-state index in [0.717, 1.165) is 16.7 Å². The van der Waals surface area contributed by atoms with E-state index in [4.69, 9.17) is 0 Å². The van der Waals surface area contributed by atoms with Crippen molar-refractivity contribution in [2.75, 3.05) is 16.8 Å². The second-order valence-electron chi connectivity index (χ2n) is 5.77. The third kappa shape index (κ3) is 2.68. The molecule has 19 heavy (non-hydrogen) atoms. The Morgan fingerprint density at radius 3 is 2.79 bits per heavy atom. The first kappa shape index (κ1) is 12.7. The fourth-order valence-electron chi connectivity index (χ4n) is 2.43. The monoisotopic (exact) mass is 273 g/mol. The van der Waals surface area contributed by atoms with Gasteiger partial charge in [0.1, 0.15) is 0 Å². The number of aromatic nitrogens is 2. The first-order valence-corrected chi connectivity index (χ1v) is 7.86. The molecule has 0 aliphatic carbocycles. The zero-order chi connectivity index (χ0) is 13.3. The molecule has 0 amide bonds. The molecular weight excluding hydrogens is 254 g/mol. The Kier molecular flexibility index (Phi) is 3.35. The van der Waals surface area contributed by atoms with Crippen molar-refractivity contribution in [1.82, 2.24) is 9.97 Å². The first-order valence-electron chi connectivity index (χ1n) is 6.70. The van der Waals surface area contributed by atoms with Crippen LogP contribution in [0.15, 0.2) is 30.6 Å². The molecule has 0 radical (unpaired) electrons. The second-order valence-corrected chi connectivity index (χ2v) is 6.92. The van der Waals surface area contributed by atoms with Crippen LogP contribution in [0.5, 0.6) is 0 Å². The molecule has 100 valence electrons. The van der Waals surface area contributed by atoms with Crippen LogP contribution >= 0.6 is 11.8 Å². The fraction of sp³-hybridized carbons (Fsp3) is 0.467. The first-order chi connectivity index (χ1) is 9.15. The van der Waals surface area contributed by atoms with E-state index in [1.165, 1.54) is 17.9 Å². The molecule has 1 unspecified atom stereocenters. The van der Waals surface area contributed by atoms with E-state index in [0.29, 0.717) is 11.5 Å². The van der Waals surface area contributed by atoms with Crippen molar-refractivity contribution in [2.45, 2.75) is 26.3 Å². The number of hydrogen-bond donors (Lipinski definition) is 1. The molecule has 0 saturated carbocycles. The molecule has 1 fully saturated rings. The number of benzene rings is 1. The molecule has 3 nitrogen and oxygen atoms in total. The number of nitrogens with zero attached hydrogens (tertiary/aromatic N) is 2. The smallest absolute Gasteiger partial charge is 0.0907 e. The fourth-order valence-corrected chi connectivity index (χ4v) is 4.03. The number of hydrogen-bond acceptors (Lipinski definition) is 4. The van der Waals surface area contributed by atoms with Gasteiger partial charge in [0.05, 0.1) is 11.0 Å². The van der Waals surface area contributed by atoms with Crippen molar-refractivity contribution in [3.8, 4) is 0 Å². The van der Waals surface area contributed by atoms with E-state index in [2.05, 4.69) is 41.3 Å². The Labute approximate surface area is 118 Å². The van der Waals surface area contributed by atoms with E-state index < -0.39 is 0 Å². The predicted octanol–water partition coefficient (Wildman–Crippen LogP) is 3.57. The van der Waals surface area contributed by atoms with Crippen LogP contribution in [0.4, 0.5) is 5.69 Å². The highest BCUT2D eigenvalue weighted by atomic mass is 32.2. The van der Waals surface area contributed by atoms with Crippen LogP contribution in [0.3, 0.4) is 0 Å². The van der Waals surface area contributed by atoms with Crippen LogP contribution in [-0.2, 0) is 0 Å². The topological polar surface area (TPSA) is 37.8 Å². The van der Waals surface area contributed by atoms with Gasteiger partial charge in [-0.05, 0) is 35.8 Å². The highest BCUT2D eigenvalue weighted by Gasteiger charge is 2.32. The predicted molar refractivity (Wildman–Crippen MR) is 82.7 cm³/mol. The van der Waals surface area contributed by atoms with Crippen LogP contribution in [0, 0.1) is 5.41 Å². The molecule has 2 aromatic rings. The molecule has 1 N–H and O–H groups in total. The summed E-state index contributed by atoms with van der Waals surface area (Å²) in [4.78, 5) is 8.67. The average Bonchev–Trinajstić information content (AvgIpc) is 2.41. The van der Waals surface area contributed by atoms with Gasteiger partial charge in [-0.15, -0.1) is 0 Å². The van der Waals surface area contributed by atoms with Crippen LogP contribution in [-0.4, -0.2) is 27.5 Å². The van der Waals surface area contributed by atoms with Gasteiger partial charge in [0.15, 0.2) is 0 Å². The van der Waals surface area contributed by atoms with Gasteiger partial charge in [0.25, 0.3) is 0 Å². The van der Waals surface area contributed by atoms with Gasteiger partial charge in [-0.2, -0.15) is 11.8 Å². The number of rotatable bonds is 2. The van der Waals surface area contributed by atoms with Gasteiger partial charge < -0.3 is 5.32 Å². The molecule has 1 aliphatic rings. The van der Waals surface area contributed by atoms with Crippen LogP contribution in [0.1, 0.15) is 20.3 Å². The van der Waals surface area contributed by atoms with Crippen molar-refractivity contribution in [3.05, 3.63) is 30.6 Å². The van der Waals surface area contributed by atoms with Crippen LogP contribution < -0.4 is 5.32 Å². The zero-order valence-electron chi connectivity index (χ0n) is 11.4. The molecular formula is C15H19N3S. The lowest BCUT2D eigenvalue weighted by atomic mass is 9.82. The van der Waals surface area contributed by atoms with Crippen LogP contribution in [0.2, 0.25) is 0 Å². The molecule has 0 bridgehead atoms. The third-order valence-corrected chi connectivity index (χ3v) is 4.99. The minimum absolute atomic E-state index is 0.350. The molecule has 1 saturated heterocycles. The van der Waals surface area contributed by atoms with Gasteiger partial charge in [0, 0.05) is 29.9 Å². The third-order valence-electron chi connectivity index (χ3n) is 3.93. The molecule has 4 heteroatoms. The SMILES string of the molecule is CC1(C)CCSCC1Nc1ccc2nccnc2c1. The molecule has 1 aromatic carbocycles. The lowest BCUT2D eigenvalue weighted by Crippen LogP contribution is -2.41. The highest BCUT2D eigenvalue weighted by molar-refractivity contribution is 7.99. The van der Waals surface area contributed by atoms with E-state index in [1.54, 1.807) is 12.4 Å². The minimum atomic E-state index is 0.350. The van der Waals surface area contributed by atoms with Crippen molar-refractivity contribution in [2.24, 2.45) is 5.41 Å². The normalized spacial score (nSPS) is 22.3. The van der Waals surface area contributed by atoms with Crippen molar-refractivity contribution < 1.29 is 0 Å². The number of anilines is 1. The summed E-state index contributed by atoms with van der Waals surface area (Å²) in [5.74, 6) is 2.44. The summed E-state index contributed by atoms with van der Waals surface area (Å²) in [6.07, 6.45) is 4.74. The highest BCUT2D eigenvalue weighted by Crippen LogP contribution is 2.36. The number of fused-ring (bicyclic) bond motifs is 1. The van der Waals surface area contributed by atoms with E-state index in [-0.39, 0.29) is 0 Å². The maximum absolute atomic E-state index is 4.36.